The molecule has 0 spiro atoms. The minimum atomic E-state index is -0.493. The van der Waals surface area contributed by atoms with Crippen LogP contribution in [0.15, 0.2) is 57.7 Å². The number of anilines is 1. The lowest BCUT2D eigenvalue weighted by atomic mass is 10.2. The lowest BCUT2D eigenvalue weighted by Gasteiger charge is -2.05. The van der Waals surface area contributed by atoms with Gasteiger partial charge in [0.15, 0.2) is 18.1 Å². The zero-order valence-electron chi connectivity index (χ0n) is 12.8. The van der Waals surface area contributed by atoms with Gasteiger partial charge in [-0.25, -0.2) is 4.79 Å². The molecule has 3 aromatic rings. The molecule has 0 unspecified atom stereocenters. The van der Waals surface area contributed by atoms with Crippen molar-refractivity contribution in [1.82, 2.24) is 5.16 Å². The molecule has 1 amide bonds. The van der Waals surface area contributed by atoms with Gasteiger partial charge in [0.05, 0.1) is 17.5 Å². The Balaban J connectivity index is 1.57. The molecule has 0 radical (unpaired) electrons. The summed E-state index contributed by atoms with van der Waals surface area (Å²) in [5.41, 5.74) is 1.62. The molecule has 0 saturated heterocycles. The standard InChI is InChI=1S/C17H14N2O5/c1-11-9-14(24-19-11)10-23-17(21)12-4-6-13(7-5-12)18-16(20)15-3-2-8-22-15/h2-9H,10H2,1H3,(H,18,20). The van der Waals surface area contributed by atoms with Crippen molar-refractivity contribution < 1.29 is 23.3 Å². The summed E-state index contributed by atoms with van der Waals surface area (Å²) in [5.74, 6) is -0.173. The molecule has 2 aromatic heterocycles. The summed E-state index contributed by atoms with van der Waals surface area (Å²) >= 11 is 0. The molecule has 1 N–H and O–H groups in total. The van der Waals surface area contributed by atoms with Crippen LogP contribution in [0.5, 0.6) is 0 Å². The summed E-state index contributed by atoms with van der Waals surface area (Å²) in [7, 11) is 0. The van der Waals surface area contributed by atoms with Gasteiger partial charge in [-0.15, -0.1) is 0 Å². The van der Waals surface area contributed by atoms with Crippen LogP contribution in [-0.4, -0.2) is 17.0 Å². The molecule has 24 heavy (non-hydrogen) atoms. The van der Waals surface area contributed by atoms with Crippen molar-refractivity contribution in [3.05, 3.63) is 71.5 Å². The van der Waals surface area contributed by atoms with Crippen LogP contribution in [0.25, 0.3) is 0 Å². The van der Waals surface area contributed by atoms with E-state index in [0.29, 0.717) is 17.0 Å². The van der Waals surface area contributed by atoms with Crippen LogP contribution in [0.2, 0.25) is 0 Å². The maximum atomic E-state index is 12.0. The number of aromatic nitrogens is 1. The Morgan fingerprint density at radius 1 is 1.21 bits per heavy atom. The van der Waals surface area contributed by atoms with E-state index in [1.165, 1.54) is 6.26 Å². The summed E-state index contributed by atoms with van der Waals surface area (Å²) < 4.78 is 15.1. The zero-order chi connectivity index (χ0) is 16.9. The Hall–Kier alpha value is -3.35. The first-order chi connectivity index (χ1) is 11.6. The molecule has 122 valence electrons. The largest absolute Gasteiger partial charge is 0.459 e. The van der Waals surface area contributed by atoms with Gasteiger partial charge in [0.1, 0.15) is 0 Å². The number of esters is 1. The van der Waals surface area contributed by atoms with Crippen molar-refractivity contribution in [3.63, 3.8) is 0 Å². The Morgan fingerprint density at radius 2 is 2.00 bits per heavy atom. The van der Waals surface area contributed by atoms with Crippen molar-refractivity contribution >= 4 is 17.6 Å². The van der Waals surface area contributed by atoms with E-state index >= 15 is 0 Å². The average Bonchev–Trinajstić information content (AvgIpc) is 3.25. The number of rotatable bonds is 5. The number of nitrogens with zero attached hydrogens (tertiary/aromatic N) is 1. The van der Waals surface area contributed by atoms with Crippen molar-refractivity contribution in [2.45, 2.75) is 13.5 Å². The molecule has 0 aliphatic rings. The SMILES string of the molecule is Cc1cc(COC(=O)c2ccc(NC(=O)c3ccco3)cc2)on1. The number of aryl methyl sites for hydroxylation is 1. The summed E-state index contributed by atoms with van der Waals surface area (Å²) in [6.45, 7) is 1.79. The minimum Gasteiger partial charge on any atom is -0.459 e. The van der Waals surface area contributed by atoms with Crippen molar-refractivity contribution in [1.29, 1.82) is 0 Å². The number of carbonyl (C=O) groups excluding carboxylic acids is 2. The molecule has 0 aliphatic carbocycles. The molecule has 0 saturated carbocycles. The van der Waals surface area contributed by atoms with Gasteiger partial charge in [-0.2, -0.15) is 0 Å². The normalized spacial score (nSPS) is 10.4. The number of amides is 1. The third-order valence-corrected chi connectivity index (χ3v) is 3.15. The van der Waals surface area contributed by atoms with E-state index in [1.807, 2.05) is 0 Å². The van der Waals surface area contributed by atoms with E-state index in [0.717, 1.165) is 5.69 Å². The fraction of sp³-hybridized carbons (Fsp3) is 0.118. The summed E-state index contributed by atoms with van der Waals surface area (Å²) in [6.07, 6.45) is 1.42. The molecular formula is C17H14N2O5. The number of hydrogen-bond donors (Lipinski definition) is 1. The molecule has 0 aliphatic heterocycles. The lowest BCUT2D eigenvalue weighted by Crippen LogP contribution is -2.11. The van der Waals surface area contributed by atoms with Gasteiger partial charge < -0.3 is 19.0 Å². The van der Waals surface area contributed by atoms with E-state index in [2.05, 4.69) is 10.5 Å². The zero-order valence-corrected chi connectivity index (χ0v) is 12.8. The molecule has 0 atom stereocenters. The molecule has 0 bridgehead atoms. The van der Waals surface area contributed by atoms with Crippen LogP contribution >= 0.6 is 0 Å². The highest BCUT2D eigenvalue weighted by Crippen LogP contribution is 2.13. The van der Waals surface area contributed by atoms with Crippen LogP contribution in [0, 0.1) is 6.92 Å². The Kier molecular flexibility index (Phi) is 4.42. The number of ether oxygens (including phenoxy) is 1. The Bertz CT molecular complexity index is 834. The second-order valence-electron chi connectivity index (χ2n) is 5.02. The highest BCUT2D eigenvalue weighted by Gasteiger charge is 2.11. The summed E-state index contributed by atoms with van der Waals surface area (Å²) in [6, 6.07) is 11.2. The van der Waals surface area contributed by atoms with Crippen molar-refractivity contribution in [2.75, 3.05) is 5.32 Å². The lowest BCUT2D eigenvalue weighted by molar-refractivity contribution is 0.0437. The minimum absolute atomic E-state index is 0.0106. The molecule has 3 rings (SSSR count). The highest BCUT2D eigenvalue weighted by atomic mass is 16.5. The molecule has 7 heteroatoms. The molecule has 7 nitrogen and oxygen atoms in total. The predicted molar refractivity (Wildman–Crippen MR) is 83.5 cm³/mol. The number of carbonyl (C=O) groups is 2. The third-order valence-electron chi connectivity index (χ3n) is 3.15. The number of furan rings is 1. The molecule has 1 aromatic carbocycles. The number of benzene rings is 1. The average molecular weight is 326 g/mol. The maximum absolute atomic E-state index is 12.0. The van der Waals surface area contributed by atoms with Crippen LogP contribution in [-0.2, 0) is 11.3 Å². The van der Waals surface area contributed by atoms with E-state index < -0.39 is 5.97 Å². The Morgan fingerprint density at radius 3 is 2.62 bits per heavy atom. The van der Waals surface area contributed by atoms with Crippen LogP contribution < -0.4 is 5.32 Å². The fourth-order valence-corrected chi connectivity index (χ4v) is 1.99. The van der Waals surface area contributed by atoms with Gasteiger partial charge in [-0.3, -0.25) is 4.79 Å². The maximum Gasteiger partial charge on any atom is 0.338 e. The Labute approximate surface area is 137 Å². The van der Waals surface area contributed by atoms with Gasteiger partial charge in [-0.1, -0.05) is 5.16 Å². The first-order valence-corrected chi connectivity index (χ1v) is 7.16. The monoisotopic (exact) mass is 326 g/mol. The summed E-state index contributed by atoms with van der Waals surface area (Å²) in [5, 5.41) is 6.38. The first kappa shape index (κ1) is 15.5. The summed E-state index contributed by atoms with van der Waals surface area (Å²) in [4.78, 5) is 23.8. The quantitative estimate of drug-likeness (QED) is 0.724. The van der Waals surface area contributed by atoms with Gasteiger partial charge in [-0.05, 0) is 43.3 Å². The second kappa shape index (κ2) is 6.82. The van der Waals surface area contributed by atoms with E-state index in [4.69, 9.17) is 13.7 Å². The molecule has 0 fully saturated rings. The number of hydrogen-bond acceptors (Lipinski definition) is 6. The van der Waals surface area contributed by atoms with Crippen LogP contribution in [0.4, 0.5) is 5.69 Å². The molecular weight excluding hydrogens is 312 g/mol. The van der Waals surface area contributed by atoms with E-state index in [-0.39, 0.29) is 18.3 Å². The van der Waals surface area contributed by atoms with E-state index in [1.54, 1.807) is 49.4 Å². The first-order valence-electron chi connectivity index (χ1n) is 7.16. The van der Waals surface area contributed by atoms with E-state index in [9.17, 15) is 9.59 Å². The predicted octanol–water partition coefficient (Wildman–Crippen LogP) is 3.19. The van der Waals surface area contributed by atoms with Gasteiger partial charge in [0.25, 0.3) is 5.91 Å². The highest BCUT2D eigenvalue weighted by molar-refractivity contribution is 6.02. The second-order valence-corrected chi connectivity index (χ2v) is 5.02. The topological polar surface area (TPSA) is 94.6 Å². The van der Waals surface area contributed by atoms with Crippen molar-refractivity contribution in [3.8, 4) is 0 Å². The molecule has 2 heterocycles. The fourth-order valence-electron chi connectivity index (χ4n) is 1.99. The third kappa shape index (κ3) is 3.70. The van der Waals surface area contributed by atoms with Gasteiger partial charge >= 0.3 is 5.97 Å². The van der Waals surface area contributed by atoms with Crippen LogP contribution in [0.1, 0.15) is 32.4 Å². The van der Waals surface area contributed by atoms with Gasteiger partial charge in [0.2, 0.25) is 0 Å². The van der Waals surface area contributed by atoms with Crippen molar-refractivity contribution in [2.24, 2.45) is 0 Å². The number of nitrogens with one attached hydrogen (secondary N) is 1. The van der Waals surface area contributed by atoms with Crippen LogP contribution in [0.3, 0.4) is 0 Å². The smallest absolute Gasteiger partial charge is 0.338 e. The van der Waals surface area contributed by atoms with Gasteiger partial charge in [0, 0.05) is 11.8 Å².